The lowest BCUT2D eigenvalue weighted by molar-refractivity contribution is -0.145. The number of nitrogens with one attached hydrogen (secondary N) is 1. The SMILES string of the molecule is COC[C@H](NC(=O)OCC1c2ccccc2-c2ccccc21)C(=O)N(C)C1COCC1C(=O)O. The number of carboxylic acids is 1. The normalized spacial score (nSPS) is 19.7. The molecule has 9 nitrogen and oxygen atoms in total. The van der Waals surface area contributed by atoms with Gasteiger partial charge in [-0.1, -0.05) is 48.5 Å². The maximum absolute atomic E-state index is 13.0. The van der Waals surface area contributed by atoms with Crippen molar-refractivity contribution in [2.45, 2.75) is 18.0 Å². The van der Waals surface area contributed by atoms with Gasteiger partial charge >= 0.3 is 12.1 Å². The smallest absolute Gasteiger partial charge is 0.407 e. The van der Waals surface area contributed by atoms with Crippen LogP contribution in [0, 0.1) is 5.92 Å². The number of carboxylic acid groups (broad SMARTS) is 1. The first-order valence-corrected chi connectivity index (χ1v) is 11.1. The molecular weight excluding hydrogens is 440 g/mol. The second-order valence-corrected chi connectivity index (χ2v) is 8.48. The number of carbonyl (C=O) groups is 3. The third-order valence-corrected chi connectivity index (χ3v) is 6.48. The van der Waals surface area contributed by atoms with Gasteiger partial charge in [0.05, 0.1) is 25.9 Å². The van der Waals surface area contributed by atoms with Crippen LogP contribution in [0.2, 0.25) is 0 Å². The fourth-order valence-corrected chi connectivity index (χ4v) is 4.69. The first-order chi connectivity index (χ1) is 16.4. The van der Waals surface area contributed by atoms with E-state index < -0.39 is 36.0 Å². The Morgan fingerprint density at radius 3 is 2.29 bits per heavy atom. The molecule has 2 aromatic carbocycles. The number of benzene rings is 2. The Morgan fingerprint density at radius 2 is 1.71 bits per heavy atom. The molecule has 2 aromatic rings. The molecule has 4 rings (SSSR count). The van der Waals surface area contributed by atoms with E-state index in [2.05, 4.69) is 17.4 Å². The van der Waals surface area contributed by atoms with E-state index in [-0.39, 0.29) is 32.3 Å². The summed E-state index contributed by atoms with van der Waals surface area (Å²) < 4.78 is 15.9. The maximum Gasteiger partial charge on any atom is 0.407 e. The highest BCUT2D eigenvalue weighted by molar-refractivity contribution is 5.86. The van der Waals surface area contributed by atoms with Gasteiger partial charge in [0.1, 0.15) is 18.6 Å². The fraction of sp³-hybridized carbons (Fsp3) is 0.400. The molecule has 1 saturated heterocycles. The van der Waals surface area contributed by atoms with Gasteiger partial charge in [-0.05, 0) is 22.3 Å². The molecule has 34 heavy (non-hydrogen) atoms. The van der Waals surface area contributed by atoms with Crippen molar-refractivity contribution in [3.63, 3.8) is 0 Å². The van der Waals surface area contributed by atoms with Gasteiger partial charge in [-0.25, -0.2) is 4.79 Å². The monoisotopic (exact) mass is 468 g/mol. The molecule has 1 fully saturated rings. The van der Waals surface area contributed by atoms with Gasteiger partial charge in [-0.15, -0.1) is 0 Å². The third kappa shape index (κ3) is 4.62. The minimum absolute atomic E-state index is 0.0341. The van der Waals surface area contributed by atoms with Crippen LogP contribution in [0.3, 0.4) is 0 Å². The van der Waals surface area contributed by atoms with Crippen molar-refractivity contribution in [1.82, 2.24) is 10.2 Å². The van der Waals surface area contributed by atoms with E-state index >= 15 is 0 Å². The van der Waals surface area contributed by atoms with E-state index in [0.717, 1.165) is 22.3 Å². The van der Waals surface area contributed by atoms with Crippen molar-refractivity contribution < 1.29 is 33.7 Å². The Bertz CT molecular complexity index is 1030. The highest BCUT2D eigenvalue weighted by Crippen LogP contribution is 2.44. The van der Waals surface area contributed by atoms with Crippen molar-refractivity contribution >= 4 is 18.0 Å². The van der Waals surface area contributed by atoms with Crippen LogP contribution in [0.25, 0.3) is 11.1 Å². The number of rotatable bonds is 8. The zero-order valence-corrected chi connectivity index (χ0v) is 19.1. The van der Waals surface area contributed by atoms with Crippen LogP contribution in [0.15, 0.2) is 48.5 Å². The van der Waals surface area contributed by atoms with Gasteiger partial charge < -0.3 is 29.5 Å². The number of aliphatic carboxylic acids is 1. The maximum atomic E-state index is 13.0. The van der Waals surface area contributed by atoms with Crippen molar-refractivity contribution in [3.05, 3.63) is 59.7 Å². The predicted molar refractivity (Wildman–Crippen MR) is 122 cm³/mol. The van der Waals surface area contributed by atoms with Gasteiger partial charge in [0, 0.05) is 20.1 Å². The molecule has 0 spiro atoms. The number of fused-ring (bicyclic) bond motifs is 3. The number of methoxy groups -OCH3 is 1. The molecule has 0 saturated carbocycles. The average Bonchev–Trinajstić information content (AvgIpc) is 3.45. The molecule has 2 amide bonds. The average molecular weight is 469 g/mol. The summed E-state index contributed by atoms with van der Waals surface area (Å²) in [5.74, 6) is -2.44. The highest BCUT2D eigenvalue weighted by atomic mass is 16.5. The summed E-state index contributed by atoms with van der Waals surface area (Å²) in [4.78, 5) is 38.5. The molecule has 1 aliphatic heterocycles. The molecule has 0 bridgehead atoms. The van der Waals surface area contributed by atoms with Crippen LogP contribution < -0.4 is 5.32 Å². The molecule has 2 unspecified atom stereocenters. The zero-order valence-electron chi connectivity index (χ0n) is 19.1. The van der Waals surface area contributed by atoms with Crippen molar-refractivity contribution in [1.29, 1.82) is 0 Å². The Labute approximate surface area is 197 Å². The van der Waals surface area contributed by atoms with E-state index in [4.69, 9.17) is 14.2 Å². The fourth-order valence-electron chi connectivity index (χ4n) is 4.69. The molecule has 1 heterocycles. The molecular formula is C25H28N2O7. The Morgan fingerprint density at radius 1 is 1.09 bits per heavy atom. The summed E-state index contributed by atoms with van der Waals surface area (Å²) in [5.41, 5.74) is 4.41. The molecule has 180 valence electrons. The van der Waals surface area contributed by atoms with E-state index in [1.165, 1.54) is 19.1 Å². The molecule has 0 radical (unpaired) electrons. The summed E-state index contributed by atoms with van der Waals surface area (Å²) in [7, 11) is 2.91. The molecule has 2 aliphatic rings. The van der Waals surface area contributed by atoms with Crippen molar-refractivity contribution in [2.24, 2.45) is 5.92 Å². The van der Waals surface area contributed by atoms with Crippen LogP contribution in [-0.4, -0.2) is 80.6 Å². The van der Waals surface area contributed by atoms with Crippen LogP contribution in [0.4, 0.5) is 4.79 Å². The standard InChI is InChI=1S/C25H28N2O7/c1-27(22-14-33-11-20(22)24(29)30)23(28)21(13-32-2)26-25(31)34-12-19-17-9-5-3-7-15(17)16-8-4-6-10-18(16)19/h3-10,19-22H,11-14H2,1-2H3,(H,26,31)(H,29,30)/t20?,21-,22?/m0/s1. The van der Waals surface area contributed by atoms with Crippen LogP contribution in [0.5, 0.6) is 0 Å². The lowest BCUT2D eigenvalue weighted by atomic mass is 9.98. The highest BCUT2D eigenvalue weighted by Gasteiger charge is 2.40. The first-order valence-electron chi connectivity index (χ1n) is 11.1. The molecule has 0 aromatic heterocycles. The Hall–Kier alpha value is -3.43. The zero-order chi connectivity index (χ0) is 24.2. The summed E-state index contributed by atoms with van der Waals surface area (Å²) in [6, 6.07) is 14.4. The van der Waals surface area contributed by atoms with Crippen LogP contribution >= 0.6 is 0 Å². The number of likely N-dealkylation sites (N-methyl/N-ethyl adjacent to an activating group) is 1. The number of alkyl carbamates (subject to hydrolysis) is 1. The van der Waals surface area contributed by atoms with E-state index in [1.807, 2.05) is 36.4 Å². The lowest BCUT2D eigenvalue weighted by Crippen LogP contribution is -2.54. The number of hydrogen-bond acceptors (Lipinski definition) is 6. The quantitative estimate of drug-likeness (QED) is 0.610. The number of amides is 2. The van der Waals surface area contributed by atoms with E-state index in [9.17, 15) is 19.5 Å². The third-order valence-electron chi connectivity index (χ3n) is 6.48. The lowest BCUT2D eigenvalue weighted by Gasteiger charge is -2.30. The summed E-state index contributed by atoms with van der Waals surface area (Å²) in [5, 5.41) is 12.0. The summed E-state index contributed by atoms with van der Waals surface area (Å²) in [6.07, 6.45) is -0.747. The molecule has 9 heteroatoms. The van der Waals surface area contributed by atoms with Gasteiger partial charge in [-0.3, -0.25) is 9.59 Å². The van der Waals surface area contributed by atoms with Crippen molar-refractivity contribution in [3.8, 4) is 11.1 Å². The van der Waals surface area contributed by atoms with Gasteiger partial charge in [0.25, 0.3) is 0 Å². The molecule has 2 N–H and O–H groups in total. The van der Waals surface area contributed by atoms with Crippen LogP contribution in [0.1, 0.15) is 17.0 Å². The number of nitrogens with zero attached hydrogens (tertiary/aromatic N) is 1. The topological polar surface area (TPSA) is 114 Å². The second-order valence-electron chi connectivity index (χ2n) is 8.48. The van der Waals surface area contributed by atoms with E-state index in [0.29, 0.717) is 0 Å². The number of carbonyl (C=O) groups excluding carboxylic acids is 2. The van der Waals surface area contributed by atoms with Gasteiger partial charge in [0.15, 0.2) is 0 Å². The van der Waals surface area contributed by atoms with Crippen LogP contribution in [-0.2, 0) is 23.8 Å². The predicted octanol–water partition coefficient (Wildman–Crippen LogP) is 2.10. The second kappa shape index (κ2) is 10.2. The van der Waals surface area contributed by atoms with Gasteiger partial charge in [0.2, 0.25) is 5.91 Å². The summed E-state index contributed by atoms with van der Waals surface area (Å²) >= 11 is 0. The van der Waals surface area contributed by atoms with Gasteiger partial charge in [-0.2, -0.15) is 0 Å². The largest absolute Gasteiger partial charge is 0.481 e. The first kappa shape index (κ1) is 23.7. The Balaban J connectivity index is 1.41. The number of hydrogen-bond donors (Lipinski definition) is 2. The van der Waals surface area contributed by atoms with E-state index in [1.54, 1.807) is 0 Å². The summed E-state index contributed by atoms with van der Waals surface area (Å²) in [6.45, 7) is 0.177. The minimum Gasteiger partial charge on any atom is -0.481 e. The minimum atomic E-state index is -1.03. The Kier molecular flexibility index (Phi) is 7.14. The molecule has 3 atom stereocenters. The van der Waals surface area contributed by atoms with Crippen molar-refractivity contribution in [2.75, 3.05) is 40.6 Å². The number of ether oxygens (including phenoxy) is 3. The molecule has 1 aliphatic carbocycles.